The third-order valence-corrected chi connectivity index (χ3v) is 16.3. The zero-order chi connectivity index (χ0) is 52.2. The predicted molar refractivity (Wildman–Crippen MR) is 262 cm³/mol. The van der Waals surface area contributed by atoms with Crippen molar-refractivity contribution < 1.29 is 58.9 Å². The Balaban J connectivity index is 1.45. The Morgan fingerprint density at radius 3 is 2.29 bits per heavy atom. The van der Waals surface area contributed by atoms with Gasteiger partial charge in [0.15, 0.2) is 6.29 Å². The molecule has 0 spiro atoms. The van der Waals surface area contributed by atoms with Crippen molar-refractivity contribution in [2.75, 3.05) is 40.2 Å². The smallest absolute Gasteiger partial charge is 0.309 e. The van der Waals surface area contributed by atoms with Crippen molar-refractivity contribution in [1.29, 1.82) is 0 Å². The van der Waals surface area contributed by atoms with Crippen molar-refractivity contribution in [1.82, 2.24) is 24.8 Å². The zero-order valence-corrected chi connectivity index (χ0v) is 44.3. The predicted octanol–water partition coefficient (Wildman–Crippen LogP) is 4.31. The van der Waals surface area contributed by atoms with E-state index in [1.165, 1.54) is 26.2 Å². The molecule has 70 heavy (non-hydrogen) atoms. The molecule has 3 aliphatic rings. The summed E-state index contributed by atoms with van der Waals surface area (Å²) in [4.78, 5) is 29.3. The molecule has 2 aromatic rings. The number of cyclic esters (lactones) is 1. The van der Waals surface area contributed by atoms with E-state index in [0.29, 0.717) is 38.0 Å². The van der Waals surface area contributed by atoms with E-state index in [1.54, 1.807) is 58.4 Å². The van der Waals surface area contributed by atoms with Crippen molar-refractivity contribution in [3.63, 3.8) is 0 Å². The van der Waals surface area contributed by atoms with Crippen LogP contribution in [0.3, 0.4) is 0 Å². The number of alkyl halides is 1. The first kappa shape index (κ1) is 58.0. The van der Waals surface area contributed by atoms with Gasteiger partial charge in [0.05, 0.1) is 58.2 Å². The van der Waals surface area contributed by atoms with Crippen LogP contribution in [-0.2, 0) is 41.3 Å². The SMILES string of the molecule is CC[C@H]1OC(=O)[C@H](C)[C@@H](C2C[C@@](C)(OC)[C@@H](O)[C@H](C)O2)[C@H](C)[C@@H](O[C@@H]2O[C@H](C)C[C@H](N(C)CCc3cn([C@H](CCl)Cc4ccc([N+](=O)[O-])cc4)nn3)[C@H]2O)[C@](C)(O)C[C@@H](C)CN(C)[C@H](C)[C@@H](O)[C@]1(C)O. The number of carbonyl (C=O) groups excluding carboxylic acids is 1. The molecule has 3 aliphatic heterocycles. The minimum atomic E-state index is -1.83. The largest absolute Gasteiger partial charge is 0.459 e. The van der Waals surface area contributed by atoms with Gasteiger partial charge in [-0.25, -0.2) is 4.68 Å². The molecule has 1 unspecified atom stereocenters. The molecule has 4 heterocycles. The highest BCUT2D eigenvalue weighted by Gasteiger charge is 2.55. The van der Waals surface area contributed by atoms with Gasteiger partial charge < -0.3 is 59.0 Å². The van der Waals surface area contributed by atoms with Crippen LogP contribution in [0.1, 0.15) is 112 Å². The van der Waals surface area contributed by atoms with Gasteiger partial charge in [0.2, 0.25) is 0 Å². The molecule has 5 N–H and O–H groups in total. The minimum absolute atomic E-state index is 0.00975. The Bertz CT molecular complexity index is 2000. The lowest BCUT2D eigenvalue weighted by Gasteiger charge is -2.51. The summed E-state index contributed by atoms with van der Waals surface area (Å²) in [6.45, 7) is 18.7. The van der Waals surface area contributed by atoms with Gasteiger partial charge in [-0.15, -0.1) is 16.7 Å². The van der Waals surface area contributed by atoms with Gasteiger partial charge in [-0.2, -0.15) is 0 Å². The van der Waals surface area contributed by atoms with Gasteiger partial charge in [0.1, 0.15) is 30.0 Å². The van der Waals surface area contributed by atoms with Gasteiger partial charge in [-0.3, -0.25) is 14.9 Å². The summed E-state index contributed by atoms with van der Waals surface area (Å²) in [7, 11) is 5.27. The van der Waals surface area contributed by atoms with E-state index >= 15 is 0 Å². The molecule has 0 aliphatic carbocycles. The fourth-order valence-electron chi connectivity index (χ4n) is 11.5. The van der Waals surface area contributed by atoms with Crippen LogP contribution in [-0.4, -0.2) is 185 Å². The zero-order valence-electron chi connectivity index (χ0n) is 43.6. The van der Waals surface area contributed by atoms with Crippen LogP contribution >= 0.6 is 11.6 Å². The average molecular weight is 1010 g/mol. The lowest BCUT2D eigenvalue weighted by Crippen LogP contribution is -2.62. The topological polar surface area (TPSA) is 245 Å². The monoisotopic (exact) mass is 1010 g/mol. The van der Waals surface area contributed by atoms with Crippen LogP contribution in [0.25, 0.3) is 0 Å². The average Bonchev–Trinajstić information content (AvgIpc) is 3.78. The number of nitro groups is 1. The third-order valence-electron chi connectivity index (χ3n) is 15.9. The number of hydrogen-bond acceptors (Lipinski definition) is 17. The number of carbonyl (C=O) groups is 1. The Kier molecular flexibility index (Phi) is 19.8. The molecular weight excluding hydrogens is 928 g/mol. The van der Waals surface area contributed by atoms with Crippen molar-refractivity contribution in [2.45, 2.75) is 198 Å². The number of nitro benzene ring substituents is 1. The Morgan fingerprint density at radius 1 is 1.03 bits per heavy atom. The second-order valence-electron chi connectivity index (χ2n) is 21.6. The molecule has 1 aromatic heterocycles. The summed E-state index contributed by atoms with van der Waals surface area (Å²) >= 11 is 6.38. The summed E-state index contributed by atoms with van der Waals surface area (Å²) in [6, 6.07) is 5.09. The number of aliphatic hydroxyl groups excluding tert-OH is 3. The number of non-ortho nitro benzene ring substituents is 1. The Labute approximate surface area is 419 Å². The van der Waals surface area contributed by atoms with E-state index in [4.69, 9.17) is 35.3 Å². The number of nitrogens with zero attached hydrogens (tertiary/aromatic N) is 6. The lowest BCUT2D eigenvalue weighted by molar-refractivity contribution is -0.384. The number of aliphatic hydroxyl groups is 5. The van der Waals surface area contributed by atoms with Crippen molar-refractivity contribution >= 4 is 23.3 Å². The van der Waals surface area contributed by atoms with E-state index in [2.05, 4.69) is 10.3 Å². The van der Waals surface area contributed by atoms with E-state index in [0.717, 1.165) is 5.56 Å². The molecule has 0 radical (unpaired) electrons. The molecule has 0 amide bonds. The number of likely N-dealkylation sites (N-methyl/N-ethyl adjacent to an activating group) is 2. The van der Waals surface area contributed by atoms with Crippen LogP contribution in [0, 0.1) is 33.8 Å². The fourth-order valence-corrected chi connectivity index (χ4v) is 11.8. The van der Waals surface area contributed by atoms with Crippen LogP contribution in [0.4, 0.5) is 5.69 Å². The number of aromatic nitrogens is 3. The first-order valence-electron chi connectivity index (χ1n) is 25.0. The molecule has 0 bridgehead atoms. The Morgan fingerprint density at radius 2 is 1.69 bits per heavy atom. The van der Waals surface area contributed by atoms with Gasteiger partial charge in [0, 0.05) is 75.3 Å². The van der Waals surface area contributed by atoms with Crippen molar-refractivity contribution in [2.24, 2.45) is 23.7 Å². The number of halogens is 1. The van der Waals surface area contributed by atoms with Crippen LogP contribution in [0.2, 0.25) is 0 Å². The number of hydrogen-bond donors (Lipinski definition) is 5. The Hall–Kier alpha value is -2.92. The van der Waals surface area contributed by atoms with Crippen LogP contribution in [0.15, 0.2) is 30.5 Å². The van der Waals surface area contributed by atoms with E-state index < -0.39 is 107 Å². The summed E-state index contributed by atoms with van der Waals surface area (Å²) in [5, 5.41) is 80.0. The highest BCUT2D eigenvalue weighted by molar-refractivity contribution is 6.18. The molecule has 5 rings (SSSR count). The van der Waals surface area contributed by atoms with Crippen LogP contribution in [0.5, 0.6) is 0 Å². The summed E-state index contributed by atoms with van der Waals surface area (Å²) in [5.74, 6) is -2.98. The molecule has 19 atom stereocenters. The first-order valence-corrected chi connectivity index (χ1v) is 25.5. The maximum Gasteiger partial charge on any atom is 0.309 e. The van der Waals surface area contributed by atoms with E-state index in [9.17, 15) is 40.4 Å². The van der Waals surface area contributed by atoms with Gasteiger partial charge >= 0.3 is 5.97 Å². The molecule has 3 fully saturated rings. The standard InChI is InChI=1S/C50H83ClN6O13/c1-14-40-50(10,63)43(59)32(6)55(12)26-28(2)23-48(8,62)45(30(4)41(31(5)46(61)69-40)39-24-49(9,66-13)44(60)33(7)68-39)70-47-42(58)38(21-29(3)67-47)54(11)20-19-35-27-56(53-52-35)37(25-51)22-34-15-17-36(18-16-34)57(64)65/h15-18,27-33,37-45,47,58-60,62-63H,14,19-26H2,1-13H3/t28-,29-,30+,31-,32-,33+,37+,38+,39?,40-,41+,42-,43-,44+,45-,47+,48-,49-,50-/m1/s1. The molecule has 20 heteroatoms. The van der Waals surface area contributed by atoms with E-state index in [1.807, 2.05) is 50.9 Å². The van der Waals surface area contributed by atoms with E-state index in [-0.39, 0.29) is 48.9 Å². The number of methoxy groups -OCH3 is 1. The number of benzene rings is 1. The minimum Gasteiger partial charge on any atom is -0.459 e. The number of esters is 1. The lowest BCUT2D eigenvalue weighted by atomic mass is 9.68. The van der Waals surface area contributed by atoms with Gasteiger partial charge in [-0.05, 0) is 98.7 Å². The fraction of sp³-hybridized carbons (Fsp3) is 0.820. The second-order valence-corrected chi connectivity index (χ2v) is 22.0. The van der Waals surface area contributed by atoms with Gasteiger partial charge in [-0.1, -0.05) is 45.0 Å². The first-order chi connectivity index (χ1) is 32.7. The third kappa shape index (κ3) is 13.2. The van der Waals surface area contributed by atoms with Crippen LogP contribution < -0.4 is 0 Å². The van der Waals surface area contributed by atoms with Crippen molar-refractivity contribution in [3.05, 3.63) is 51.8 Å². The normalized spacial score (nSPS) is 40.3. The molecule has 1 aromatic carbocycles. The maximum atomic E-state index is 14.6. The van der Waals surface area contributed by atoms with Gasteiger partial charge in [0.25, 0.3) is 5.69 Å². The highest BCUT2D eigenvalue weighted by Crippen LogP contribution is 2.45. The summed E-state index contributed by atoms with van der Waals surface area (Å²) in [5.41, 5.74) is -2.91. The van der Waals surface area contributed by atoms with Crippen molar-refractivity contribution in [3.8, 4) is 0 Å². The maximum absolute atomic E-state index is 14.6. The number of rotatable bonds is 14. The molecular formula is C50H83ClN6O13. The molecule has 19 nitrogen and oxygen atoms in total. The molecule has 0 saturated carbocycles. The quantitative estimate of drug-likeness (QED) is 0.0766. The molecule has 3 saturated heterocycles. The molecule has 398 valence electrons. The second kappa shape index (κ2) is 24.0. The highest BCUT2D eigenvalue weighted by atomic mass is 35.5. The number of ether oxygens (including phenoxy) is 5. The summed E-state index contributed by atoms with van der Waals surface area (Å²) in [6.07, 6.45) is -4.78. The summed E-state index contributed by atoms with van der Waals surface area (Å²) < 4.78 is 33.8.